The van der Waals surface area contributed by atoms with E-state index in [1.807, 2.05) is 25.1 Å². The van der Waals surface area contributed by atoms with Gasteiger partial charge in [-0.3, -0.25) is 4.79 Å². The molecule has 3 N–H and O–H groups in total. The van der Waals surface area contributed by atoms with E-state index in [-0.39, 0.29) is 34.2 Å². The molecule has 0 aliphatic carbocycles. The number of fused-ring (bicyclic) bond motifs is 1. The summed E-state index contributed by atoms with van der Waals surface area (Å²) < 4.78 is 7.39. The van der Waals surface area contributed by atoms with Crippen LogP contribution in [-0.4, -0.2) is 34.7 Å². The zero-order chi connectivity index (χ0) is 24.7. The van der Waals surface area contributed by atoms with Crippen LogP contribution in [-0.2, 0) is 17.9 Å². The number of hydrogen-bond donors (Lipinski definition) is 3. The number of pyridine rings is 1. The smallest absolute Gasteiger partial charge is 0.404 e. The Kier molecular flexibility index (Phi) is 8.79. The molecule has 3 rings (SSSR count). The molecule has 1 unspecified atom stereocenters. The molecule has 3 aromatic rings. The molecule has 0 bridgehead atoms. The number of ether oxygens (including phenoxy) is 1. The predicted octanol–water partition coefficient (Wildman–Crippen LogP) is 4.93. The van der Waals surface area contributed by atoms with Gasteiger partial charge in [0.2, 0.25) is 0 Å². The number of aromatic nitrogens is 1. The first-order valence-corrected chi connectivity index (χ1v) is 11.5. The zero-order valence-corrected chi connectivity index (χ0v) is 20.0. The molecule has 8 nitrogen and oxygen atoms in total. The lowest BCUT2D eigenvalue weighted by atomic mass is 10.1. The van der Waals surface area contributed by atoms with Crippen LogP contribution < -0.4 is 20.9 Å². The van der Waals surface area contributed by atoms with Crippen molar-refractivity contribution < 1.29 is 19.4 Å². The third kappa shape index (κ3) is 6.01. The maximum Gasteiger partial charge on any atom is 0.404 e. The SMILES string of the molecule is CCCCOc1c(CNC(=O)O)n(CC(C=O)Nc2ccccc2)c(=O)c2cc(Cl)c(Cl)cc12. The van der Waals surface area contributed by atoms with Crippen LogP contribution in [0.4, 0.5) is 10.5 Å². The number of para-hydroxylation sites is 1. The fraction of sp³-hybridized carbons (Fsp3) is 0.292. The first-order chi connectivity index (χ1) is 16.3. The van der Waals surface area contributed by atoms with Gasteiger partial charge in [0.25, 0.3) is 5.56 Å². The number of unbranched alkanes of at least 4 members (excludes halogenated alkanes) is 1. The van der Waals surface area contributed by atoms with Gasteiger partial charge in [0.05, 0.1) is 40.8 Å². The highest BCUT2D eigenvalue weighted by atomic mass is 35.5. The van der Waals surface area contributed by atoms with Crippen molar-refractivity contribution in [2.45, 2.75) is 38.9 Å². The van der Waals surface area contributed by atoms with Crippen molar-refractivity contribution in [3.05, 3.63) is 68.6 Å². The average molecular weight is 506 g/mol. The highest BCUT2D eigenvalue weighted by Crippen LogP contribution is 2.34. The van der Waals surface area contributed by atoms with Crippen LogP contribution in [0.15, 0.2) is 47.3 Å². The van der Waals surface area contributed by atoms with E-state index in [1.165, 1.54) is 16.7 Å². The van der Waals surface area contributed by atoms with Crippen molar-refractivity contribution in [2.75, 3.05) is 11.9 Å². The molecule has 1 amide bonds. The molecule has 1 heterocycles. The Bertz CT molecular complexity index is 1230. The minimum Gasteiger partial charge on any atom is -0.491 e. The monoisotopic (exact) mass is 505 g/mol. The van der Waals surface area contributed by atoms with Crippen molar-refractivity contribution in [1.29, 1.82) is 0 Å². The number of halogens is 2. The molecule has 0 fully saturated rings. The molecule has 0 aliphatic heterocycles. The Morgan fingerprint density at radius 2 is 1.85 bits per heavy atom. The molecule has 34 heavy (non-hydrogen) atoms. The summed E-state index contributed by atoms with van der Waals surface area (Å²) >= 11 is 12.4. The number of anilines is 1. The minimum atomic E-state index is -1.26. The number of carboxylic acid groups (broad SMARTS) is 1. The normalized spacial score (nSPS) is 11.7. The molecule has 180 valence electrons. The number of carbonyl (C=O) groups excluding carboxylic acids is 1. The summed E-state index contributed by atoms with van der Waals surface area (Å²) in [6, 6.07) is 11.3. The van der Waals surface area contributed by atoms with Crippen LogP contribution in [0.5, 0.6) is 5.75 Å². The van der Waals surface area contributed by atoms with Gasteiger partial charge in [-0.2, -0.15) is 0 Å². The van der Waals surface area contributed by atoms with Gasteiger partial charge in [-0.1, -0.05) is 54.7 Å². The summed E-state index contributed by atoms with van der Waals surface area (Å²) in [5.41, 5.74) is 0.546. The zero-order valence-electron chi connectivity index (χ0n) is 18.5. The number of aldehydes is 1. The summed E-state index contributed by atoms with van der Waals surface area (Å²) in [6.07, 6.45) is 1.06. The maximum atomic E-state index is 13.5. The van der Waals surface area contributed by atoms with Gasteiger partial charge in [-0.05, 0) is 30.7 Å². The lowest BCUT2D eigenvalue weighted by molar-refractivity contribution is -0.108. The molecule has 0 radical (unpaired) electrons. The third-order valence-electron chi connectivity index (χ3n) is 5.19. The summed E-state index contributed by atoms with van der Waals surface area (Å²) in [7, 11) is 0. The van der Waals surface area contributed by atoms with E-state index < -0.39 is 17.7 Å². The van der Waals surface area contributed by atoms with Gasteiger partial charge in [0, 0.05) is 11.1 Å². The third-order valence-corrected chi connectivity index (χ3v) is 5.91. The van der Waals surface area contributed by atoms with Crippen LogP contribution in [0.3, 0.4) is 0 Å². The Balaban J connectivity index is 2.18. The van der Waals surface area contributed by atoms with Crippen molar-refractivity contribution >= 4 is 52.0 Å². The van der Waals surface area contributed by atoms with Crippen LogP contribution in [0.2, 0.25) is 10.0 Å². The molecular weight excluding hydrogens is 481 g/mol. The fourth-order valence-electron chi connectivity index (χ4n) is 3.53. The van der Waals surface area contributed by atoms with Crippen molar-refractivity contribution in [3.63, 3.8) is 0 Å². The maximum absolute atomic E-state index is 13.5. The first-order valence-electron chi connectivity index (χ1n) is 10.8. The van der Waals surface area contributed by atoms with Gasteiger partial charge in [-0.15, -0.1) is 0 Å². The summed E-state index contributed by atoms with van der Waals surface area (Å²) in [5, 5.41) is 15.7. The van der Waals surface area contributed by atoms with Crippen LogP contribution in [0, 0.1) is 0 Å². The second-order valence-electron chi connectivity index (χ2n) is 7.62. The number of hydrogen-bond acceptors (Lipinski definition) is 5. The van der Waals surface area contributed by atoms with Gasteiger partial charge in [-0.25, -0.2) is 4.79 Å². The lowest BCUT2D eigenvalue weighted by Gasteiger charge is -2.23. The molecule has 0 aliphatic rings. The number of carbonyl (C=O) groups is 2. The number of rotatable bonds is 11. The van der Waals surface area contributed by atoms with E-state index in [0.29, 0.717) is 29.7 Å². The molecule has 0 spiro atoms. The Morgan fingerprint density at radius 3 is 2.47 bits per heavy atom. The molecule has 0 saturated heterocycles. The summed E-state index contributed by atoms with van der Waals surface area (Å²) in [5.74, 6) is 0.319. The van der Waals surface area contributed by atoms with E-state index in [1.54, 1.807) is 12.1 Å². The molecule has 0 saturated carbocycles. The van der Waals surface area contributed by atoms with E-state index in [4.69, 9.17) is 27.9 Å². The molecular formula is C24H25Cl2N3O5. The Labute approximate surface area is 206 Å². The molecule has 1 aromatic heterocycles. The second kappa shape index (κ2) is 11.8. The molecule has 2 aromatic carbocycles. The van der Waals surface area contributed by atoms with Gasteiger partial charge in [0.1, 0.15) is 18.1 Å². The lowest BCUT2D eigenvalue weighted by Crippen LogP contribution is -2.36. The topological polar surface area (TPSA) is 110 Å². The number of amides is 1. The number of nitrogens with zero attached hydrogens (tertiary/aromatic N) is 1. The van der Waals surface area contributed by atoms with E-state index >= 15 is 0 Å². The van der Waals surface area contributed by atoms with Crippen LogP contribution >= 0.6 is 23.2 Å². The standard InChI is InChI=1S/C24H25Cl2N3O5/c1-2-3-9-34-22-17-10-19(25)20(26)11-18(17)23(31)29(21(22)12-27-24(32)33)13-16(14-30)28-15-7-5-4-6-8-15/h4-8,10-11,14,16,27-28H,2-3,9,12-13H2,1H3,(H,32,33). The van der Waals surface area contributed by atoms with Gasteiger partial charge >= 0.3 is 6.09 Å². The Hall–Kier alpha value is -3.23. The van der Waals surface area contributed by atoms with E-state index in [9.17, 15) is 19.5 Å². The fourth-order valence-corrected chi connectivity index (χ4v) is 3.86. The number of nitrogens with one attached hydrogen (secondary N) is 2. The highest BCUT2D eigenvalue weighted by Gasteiger charge is 2.22. The summed E-state index contributed by atoms with van der Waals surface area (Å²) in [4.78, 5) is 36.7. The average Bonchev–Trinajstić information content (AvgIpc) is 2.82. The first kappa shape index (κ1) is 25.4. The van der Waals surface area contributed by atoms with Crippen LogP contribution in [0.25, 0.3) is 10.8 Å². The van der Waals surface area contributed by atoms with Gasteiger partial charge < -0.3 is 29.8 Å². The van der Waals surface area contributed by atoms with Crippen LogP contribution in [0.1, 0.15) is 25.5 Å². The molecule has 1 atom stereocenters. The Morgan fingerprint density at radius 1 is 1.18 bits per heavy atom. The van der Waals surface area contributed by atoms with E-state index in [2.05, 4.69) is 10.6 Å². The molecule has 10 heteroatoms. The second-order valence-corrected chi connectivity index (χ2v) is 8.43. The quantitative estimate of drug-likeness (QED) is 0.251. The van der Waals surface area contributed by atoms with Gasteiger partial charge in [0.15, 0.2) is 0 Å². The largest absolute Gasteiger partial charge is 0.491 e. The summed E-state index contributed by atoms with van der Waals surface area (Å²) in [6.45, 7) is 2.09. The van der Waals surface area contributed by atoms with Crippen molar-refractivity contribution in [3.8, 4) is 5.75 Å². The van der Waals surface area contributed by atoms with Crippen molar-refractivity contribution in [2.24, 2.45) is 0 Å². The highest BCUT2D eigenvalue weighted by molar-refractivity contribution is 6.42. The van der Waals surface area contributed by atoms with E-state index in [0.717, 1.165) is 12.8 Å². The van der Waals surface area contributed by atoms with Crippen molar-refractivity contribution in [1.82, 2.24) is 9.88 Å². The number of benzene rings is 2. The predicted molar refractivity (Wildman–Crippen MR) is 133 cm³/mol. The minimum absolute atomic E-state index is 0.0613.